The normalized spacial score (nSPS) is 10.8. The zero-order chi connectivity index (χ0) is 22.7. The highest BCUT2D eigenvalue weighted by Gasteiger charge is 2.20. The summed E-state index contributed by atoms with van der Waals surface area (Å²) in [6.45, 7) is 4.45. The van der Waals surface area contributed by atoms with Crippen molar-refractivity contribution in [3.63, 3.8) is 0 Å². The predicted molar refractivity (Wildman–Crippen MR) is 128 cm³/mol. The quantitative estimate of drug-likeness (QED) is 0.405. The van der Waals surface area contributed by atoms with Gasteiger partial charge in [0.15, 0.2) is 11.0 Å². The fourth-order valence-corrected chi connectivity index (χ4v) is 4.91. The molecule has 0 saturated heterocycles. The fourth-order valence-electron chi connectivity index (χ4n) is 3.45. The maximum absolute atomic E-state index is 12.8. The zero-order valence-electron chi connectivity index (χ0n) is 18.0. The van der Waals surface area contributed by atoms with E-state index in [1.807, 2.05) is 77.9 Å². The van der Waals surface area contributed by atoms with Gasteiger partial charge in [0.2, 0.25) is 5.91 Å². The van der Waals surface area contributed by atoms with E-state index in [2.05, 4.69) is 21.6 Å². The van der Waals surface area contributed by atoms with Gasteiger partial charge in [-0.15, -0.1) is 21.5 Å². The number of nitrogens with zero attached hydrogens (tertiary/aromatic N) is 5. The maximum atomic E-state index is 12.8. The van der Waals surface area contributed by atoms with E-state index < -0.39 is 0 Å². The Balaban J connectivity index is 1.51. The second kappa shape index (κ2) is 9.42. The van der Waals surface area contributed by atoms with Crippen LogP contribution in [0.3, 0.4) is 0 Å². The lowest BCUT2D eigenvalue weighted by Gasteiger charge is -2.13. The van der Waals surface area contributed by atoms with Crippen LogP contribution in [0.4, 0.5) is 5.82 Å². The highest BCUT2D eigenvalue weighted by molar-refractivity contribution is 7.99. The number of carbonyl (C=O) groups is 1. The lowest BCUT2D eigenvalue weighted by molar-refractivity contribution is -0.113. The number of thioether (sulfide) groups is 1. The van der Waals surface area contributed by atoms with Crippen molar-refractivity contribution in [3.05, 3.63) is 70.2 Å². The summed E-state index contributed by atoms with van der Waals surface area (Å²) < 4.78 is 3.87. The molecule has 0 radical (unpaired) electrons. The van der Waals surface area contributed by atoms with Crippen molar-refractivity contribution in [2.45, 2.75) is 25.5 Å². The van der Waals surface area contributed by atoms with Crippen LogP contribution in [0.5, 0.6) is 0 Å². The van der Waals surface area contributed by atoms with Crippen molar-refractivity contribution in [3.8, 4) is 16.8 Å². The summed E-state index contributed by atoms with van der Waals surface area (Å²) in [5, 5.41) is 23.8. The molecule has 162 valence electrons. The molecule has 4 aromatic rings. The number of carbonyl (C=O) groups excluding carboxylic acids is 1. The van der Waals surface area contributed by atoms with E-state index in [0.717, 1.165) is 27.5 Å². The average Bonchev–Trinajstić information content (AvgIpc) is 3.50. The molecule has 0 aliphatic rings. The van der Waals surface area contributed by atoms with Crippen molar-refractivity contribution in [1.82, 2.24) is 19.3 Å². The molecule has 0 aliphatic carbocycles. The molecule has 0 saturated carbocycles. The molecule has 3 aromatic heterocycles. The van der Waals surface area contributed by atoms with Gasteiger partial charge in [-0.05, 0) is 36.4 Å². The number of aromatic nitrogens is 4. The summed E-state index contributed by atoms with van der Waals surface area (Å²) in [4.78, 5) is 13.8. The first-order valence-electron chi connectivity index (χ1n) is 9.99. The molecule has 3 heterocycles. The van der Waals surface area contributed by atoms with Crippen LogP contribution < -0.4 is 5.32 Å². The van der Waals surface area contributed by atoms with Gasteiger partial charge in [-0.3, -0.25) is 4.79 Å². The van der Waals surface area contributed by atoms with Gasteiger partial charge < -0.3 is 14.5 Å². The fraction of sp³-hybridized carbons (Fsp3) is 0.217. The number of hydrogen-bond donors (Lipinski definition) is 1. The standard InChI is InChI=1S/C23H22N6OS2/c1-15-16(2)29(13-17-8-5-4-6-9-17)21(18(15)12-24)25-20(30)14-32-23-27-26-22(28(23)3)19-10-7-11-31-19/h4-11H,13-14H2,1-3H3,(H,25,30). The largest absolute Gasteiger partial charge is 0.326 e. The van der Waals surface area contributed by atoms with E-state index in [-0.39, 0.29) is 11.7 Å². The number of hydrogen-bond acceptors (Lipinski definition) is 6. The van der Waals surface area contributed by atoms with Crippen LogP contribution in [0.15, 0.2) is 53.0 Å². The highest BCUT2D eigenvalue weighted by Crippen LogP contribution is 2.29. The van der Waals surface area contributed by atoms with Crippen molar-refractivity contribution in [2.75, 3.05) is 11.1 Å². The SMILES string of the molecule is Cc1c(C#N)c(NC(=O)CSc2nnc(-c3cccs3)n2C)n(Cc2ccccc2)c1C. The number of benzene rings is 1. The number of anilines is 1. The van der Waals surface area contributed by atoms with E-state index in [1.165, 1.54) is 11.8 Å². The first kappa shape index (κ1) is 21.9. The van der Waals surface area contributed by atoms with Gasteiger partial charge in [0.1, 0.15) is 11.9 Å². The monoisotopic (exact) mass is 462 g/mol. The molecule has 7 nitrogen and oxygen atoms in total. The molecule has 1 amide bonds. The predicted octanol–water partition coefficient (Wildman–Crippen LogP) is 4.61. The summed E-state index contributed by atoms with van der Waals surface area (Å²) in [6.07, 6.45) is 0. The first-order chi connectivity index (χ1) is 15.5. The molecule has 4 rings (SSSR count). The van der Waals surface area contributed by atoms with Gasteiger partial charge in [-0.2, -0.15) is 5.26 Å². The van der Waals surface area contributed by atoms with Crippen molar-refractivity contribution < 1.29 is 4.79 Å². The Morgan fingerprint density at radius 2 is 1.97 bits per heavy atom. The number of amides is 1. The van der Waals surface area contributed by atoms with E-state index in [9.17, 15) is 10.1 Å². The molecule has 1 aromatic carbocycles. The van der Waals surface area contributed by atoms with E-state index in [4.69, 9.17) is 0 Å². The molecule has 1 N–H and O–H groups in total. The Hall–Kier alpha value is -3.35. The van der Waals surface area contributed by atoms with Gasteiger partial charge in [0.25, 0.3) is 0 Å². The minimum atomic E-state index is -0.195. The van der Waals surface area contributed by atoms with Gasteiger partial charge in [0.05, 0.1) is 16.2 Å². The molecular weight excluding hydrogens is 440 g/mol. The van der Waals surface area contributed by atoms with Crippen LogP contribution in [-0.4, -0.2) is 31.0 Å². The Labute approximate surface area is 194 Å². The van der Waals surface area contributed by atoms with Crippen molar-refractivity contribution in [1.29, 1.82) is 5.26 Å². The molecule has 32 heavy (non-hydrogen) atoms. The van der Waals surface area contributed by atoms with Crippen molar-refractivity contribution >= 4 is 34.8 Å². The van der Waals surface area contributed by atoms with Gasteiger partial charge in [-0.1, -0.05) is 48.2 Å². The average molecular weight is 463 g/mol. The van der Waals surface area contributed by atoms with E-state index in [1.54, 1.807) is 11.3 Å². The van der Waals surface area contributed by atoms with E-state index in [0.29, 0.717) is 23.1 Å². The Bertz CT molecular complexity index is 1280. The second-order valence-corrected chi connectivity index (χ2v) is 9.19. The third-order valence-electron chi connectivity index (χ3n) is 5.29. The second-order valence-electron chi connectivity index (χ2n) is 7.30. The topological polar surface area (TPSA) is 88.5 Å². The molecule has 9 heteroatoms. The summed E-state index contributed by atoms with van der Waals surface area (Å²) >= 11 is 2.91. The number of nitrogens with one attached hydrogen (secondary N) is 1. The molecule has 0 atom stereocenters. The molecule has 0 bridgehead atoms. The molecule has 0 spiro atoms. The third-order valence-corrected chi connectivity index (χ3v) is 7.18. The summed E-state index contributed by atoms with van der Waals surface area (Å²) in [5.74, 6) is 1.28. The minimum absolute atomic E-state index is 0.163. The van der Waals surface area contributed by atoms with Gasteiger partial charge in [0, 0.05) is 19.3 Å². The molecular formula is C23H22N6OS2. The molecule has 0 fully saturated rings. The van der Waals surface area contributed by atoms with Crippen LogP contribution in [0, 0.1) is 25.2 Å². The number of thiophene rings is 1. The number of nitriles is 1. The first-order valence-corrected chi connectivity index (χ1v) is 11.9. The van der Waals surface area contributed by atoms with Crippen LogP contribution in [0.25, 0.3) is 10.7 Å². The summed E-state index contributed by atoms with van der Waals surface area (Å²) in [7, 11) is 1.89. The molecule has 0 aliphatic heterocycles. The summed E-state index contributed by atoms with van der Waals surface area (Å²) in [6, 6.07) is 16.2. The lowest BCUT2D eigenvalue weighted by atomic mass is 10.2. The Morgan fingerprint density at radius 1 is 1.19 bits per heavy atom. The van der Waals surface area contributed by atoms with E-state index >= 15 is 0 Å². The summed E-state index contributed by atoms with van der Waals surface area (Å²) in [5.41, 5.74) is 3.43. The van der Waals surface area contributed by atoms with Crippen LogP contribution >= 0.6 is 23.1 Å². The number of rotatable bonds is 7. The molecule has 0 unspecified atom stereocenters. The minimum Gasteiger partial charge on any atom is -0.326 e. The van der Waals surface area contributed by atoms with Gasteiger partial charge >= 0.3 is 0 Å². The van der Waals surface area contributed by atoms with Crippen LogP contribution in [0.1, 0.15) is 22.4 Å². The third kappa shape index (κ3) is 4.33. The van der Waals surface area contributed by atoms with Crippen molar-refractivity contribution in [2.24, 2.45) is 7.05 Å². The Morgan fingerprint density at radius 3 is 2.66 bits per heavy atom. The maximum Gasteiger partial charge on any atom is 0.235 e. The Kier molecular flexibility index (Phi) is 6.44. The van der Waals surface area contributed by atoms with Gasteiger partial charge in [-0.25, -0.2) is 0 Å². The van der Waals surface area contributed by atoms with Crippen LogP contribution in [-0.2, 0) is 18.4 Å². The zero-order valence-corrected chi connectivity index (χ0v) is 19.6. The highest BCUT2D eigenvalue weighted by atomic mass is 32.2. The lowest BCUT2D eigenvalue weighted by Crippen LogP contribution is -2.19. The van der Waals surface area contributed by atoms with Crippen LogP contribution in [0.2, 0.25) is 0 Å². The smallest absolute Gasteiger partial charge is 0.235 e.